The average molecular weight is 508 g/mol. The lowest BCUT2D eigenvalue weighted by atomic mass is 10.1. The summed E-state index contributed by atoms with van der Waals surface area (Å²) in [5.41, 5.74) is 2.12. The third-order valence-corrected chi connectivity index (χ3v) is 6.57. The molecule has 7 heteroatoms. The second kappa shape index (κ2) is 13.0. The van der Waals surface area contributed by atoms with Gasteiger partial charge in [-0.25, -0.2) is 9.59 Å². The summed E-state index contributed by atoms with van der Waals surface area (Å²) in [4.78, 5) is 26.2. The van der Waals surface area contributed by atoms with Gasteiger partial charge in [-0.1, -0.05) is 72.8 Å². The molecule has 0 aliphatic carbocycles. The highest BCUT2D eigenvalue weighted by molar-refractivity contribution is 7.98. The van der Waals surface area contributed by atoms with Crippen LogP contribution >= 0.6 is 11.8 Å². The molecule has 1 amide bonds. The maximum atomic E-state index is 13.4. The van der Waals surface area contributed by atoms with Gasteiger partial charge >= 0.3 is 12.1 Å². The van der Waals surface area contributed by atoms with Crippen molar-refractivity contribution < 1.29 is 23.8 Å². The summed E-state index contributed by atoms with van der Waals surface area (Å²) in [5, 5.41) is 2.37. The number of ether oxygens (including phenoxy) is 3. The Morgan fingerprint density at radius 2 is 1.47 bits per heavy atom. The first-order valence-electron chi connectivity index (χ1n) is 11.7. The monoisotopic (exact) mass is 507 g/mol. The lowest BCUT2D eigenvalue weighted by Crippen LogP contribution is -2.47. The van der Waals surface area contributed by atoms with Crippen molar-refractivity contribution in [1.82, 2.24) is 5.32 Å². The molecule has 0 saturated carbocycles. The van der Waals surface area contributed by atoms with Crippen molar-refractivity contribution >= 4 is 23.8 Å². The van der Waals surface area contributed by atoms with Crippen LogP contribution in [0.25, 0.3) is 0 Å². The van der Waals surface area contributed by atoms with Gasteiger partial charge in [0, 0.05) is 5.75 Å². The number of hydrogen-bond donors (Lipinski definition) is 1. The fourth-order valence-corrected chi connectivity index (χ4v) is 4.73. The standard InChI is InChI=1S/C29H33NO5S/c1-29(2,3)35-28(32)30-25(27(31)34-19-21-11-7-5-8-12-21)26(23-13-9-6-10-14-23)36-20-22-15-17-24(33-4)18-16-22/h5-18,25-26H,19-20H2,1-4H3,(H,30,32)/t25-,26-/m0/s1. The highest BCUT2D eigenvalue weighted by Gasteiger charge is 2.34. The van der Waals surface area contributed by atoms with Crippen LogP contribution in [-0.4, -0.2) is 30.8 Å². The first-order chi connectivity index (χ1) is 17.2. The van der Waals surface area contributed by atoms with E-state index in [2.05, 4.69) is 5.32 Å². The van der Waals surface area contributed by atoms with E-state index in [0.29, 0.717) is 5.75 Å². The van der Waals surface area contributed by atoms with Crippen molar-refractivity contribution in [3.8, 4) is 5.75 Å². The van der Waals surface area contributed by atoms with E-state index < -0.39 is 29.0 Å². The quantitative estimate of drug-likeness (QED) is 0.324. The molecule has 0 spiro atoms. The molecule has 6 nitrogen and oxygen atoms in total. The van der Waals surface area contributed by atoms with Gasteiger partial charge in [-0.2, -0.15) is 0 Å². The highest BCUT2D eigenvalue weighted by atomic mass is 32.2. The summed E-state index contributed by atoms with van der Waals surface area (Å²) in [7, 11) is 1.63. The molecule has 36 heavy (non-hydrogen) atoms. The van der Waals surface area contributed by atoms with Crippen LogP contribution in [0.15, 0.2) is 84.9 Å². The Morgan fingerprint density at radius 1 is 0.861 bits per heavy atom. The Morgan fingerprint density at radius 3 is 2.06 bits per heavy atom. The molecule has 0 bridgehead atoms. The van der Waals surface area contributed by atoms with E-state index in [9.17, 15) is 9.59 Å². The SMILES string of the molecule is COc1ccc(CS[C@@H](c2ccccc2)[C@H](NC(=O)OC(C)(C)C)C(=O)OCc2ccccc2)cc1. The fraction of sp³-hybridized carbons (Fsp3) is 0.310. The van der Waals surface area contributed by atoms with Crippen molar-refractivity contribution in [2.75, 3.05) is 7.11 Å². The average Bonchev–Trinajstić information content (AvgIpc) is 2.87. The maximum Gasteiger partial charge on any atom is 0.408 e. The van der Waals surface area contributed by atoms with Gasteiger partial charge in [0.25, 0.3) is 0 Å². The van der Waals surface area contributed by atoms with Gasteiger partial charge in [-0.3, -0.25) is 0 Å². The highest BCUT2D eigenvalue weighted by Crippen LogP contribution is 2.36. The van der Waals surface area contributed by atoms with E-state index in [0.717, 1.165) is 22.4 Å². The molecule has 190 valence electrons. The van der Waals surface area contributed by atoms with Crippen molar-refractivity contribution in [3.63, 3.8) is 0 Å². The van der Waals surface area contributed by atoms with E-state index in [4.69, 9.17) is 14.2 Å². The lowest BCUT2D eigenvalue weighted by Gasteiger charge is -2.28. The zero-order chi connectivity index (χ0) is 26.0. The number of carbonyl (C=O) groups excluding carboxylic acids is 2. The predicted molar refractivity (Wildman–Crippen MR) is 143 cm³/mol. The zero-order valence-corrected chi connectivity index (χ0v) is 21.9. The van der Waals surface area contributed by atoms with Gasteiger partial charge in [0.2, 0.25) is 0 Å². The van der Waals surface area contributed by atoms with E-state index in [-0.39, 0.29) is 6.61 Å². The number of amides is 1. The van der Waals surface area contributed by atoms with Crippen molar-refractivity contribution in [2.45, 2.75) is 50.0 Å². The molecule has 0 unspecified atom stereocenters. The molecule has 3 rings (SSSR count). The van der Waals surface area contributed by atoms with Crippen LogP contribution in [-0.2, 0) is 26.6 Å². The zero-order valence-electron chi connectivity index (χ0n) is 21.1. The number of carbonyl (C=O) groups is 2. The first kappa shape index (κ1) is 27.1. The summed E-state index contributed by atoms with van der Waals surface area (Å²) in [6.45, 7) is 5.45. The number of rotatable bonds is 10. The number of hydrogen-bond acceptors (Lipinski definition) is 6. The van der Waals surface area contributed by atoms with E-state index in [1.165, 1.54) is 0 Å². The minimum Gasteiger partial charge on any atom is -0.497 e. The van der Waals surface area contributed by atoms with Crippen LogP contribution in [0.2, 0.25) is 0 Å². The van der Waals surface area contributed by atoms with Crippen molar-refractivity contribution in [1.29, 1.82) is 0 Å². The second-order valence-corrected chi connectivity index (χ2v) is 10.3. The van der Waals surface area contributed by atoms with E-state index >= 15 is 0 Å². The van der Waals surface area contributed by atoms with Crippen molar-refractivity contribution in [2.24, 2.45) is 0 Å². The number of benzene rings is 3. The lowest BCUT2D eigenvalue weighted by molar-refractivity contribution is -0.147. The first-order valence-corrected chi connectivity index (χ1v) is 12.8. The van der Waals surface area contributed by atoms with Crippen LogP contribution in [0, 0.1) is 0 Å². The van der Waals surface area contributed by atoms with Crippen LogP contribution in [0.5, 0.6) is 5.75 Å². The predicted octanol–water partition coefficient (Wildman–Crippen LogP) is 6.31. The number of thioether (sulfide) groups is 1. The Bertz CT molecular complexity index is 1100. The van der Waals surface area contributed by atoms with Gasteiger partial charge in [0.15, 0.2) is 0 Å². The molecular formula is C29H33NO5S. The summed E-state index contributed by atoms with van der Waals surface area (Å²) >= 11 is 1.55. The van der Waals surface area contributed by atoms with E-state index in [1.807, 2.05) is 84.9 Å². The summed E-state index contributed by atoms with van der Waals surface area (Å²) in [6, 6.07) is 25.9. The van der Waals surface area contributed by atoms with Crippen LogP contribution < -0.4 is 10.1 Å². The molecule has 0 saturated heterocycles. The van der Waals surface area contributed by atoms with Gasteiger partial charge in [0.1, 0.15) is 24.0 Å². The second-order valence-electron chi connectivity index (χ2n) is 9.21. The number of methoxy groups -OCH3 is 1. The Hall–Kier alpha value is -3.45. The molecule has 3 aromatic carbocycles. The van der Waals surface area contributed by atoms with E-state index in [1.54, 1.807) is 39.6 Å². The molecule has 0 aromatic heterocycles. The Balaban J connectivity index is 1.85. The van der Waals surface area contributed by atoms with Gasteiger partial charge in [-0.05, 0) is 49.6 Å². The molecular weight excluding hydrogens is 474 g/mol. The maximum absolute atomic E-state index is 13.4. The number of nitrogens with one attached hydrogen (secondary N) is 1. The fourth-order valence-electron chi connectivity index (χ4n) is 3.45. The van der Waals surface area contributed by atoms with Crippen LogP contribution in [0.1, 0.15) is 42.7 Å². The third-order valence-electron chi connectivity index (χ3n) is 5.17. The third kappa shape index (κ3) is 8.64. The number of alkyl carbamates (subject to hydrolysis) is 1. The Kier molecular flexibility index (Phi) is 9.82. The molecule has 0 fully saturated rings. The molecule has 0 radical (unpaired) electrons. The number of esters is 1. The largest absolute Gasteiger partial charge is 0.497 e. The molecule has 0 aliphatic heterocycles. The van der Waals surface area contributed by atoms with Gasteiger partial charge in [0.05, 0.1) is 12.4 Å². The molecule has 3 aromatic rings. The minimum atomic E-state index is -0.964. The smallest absolute Gasteiger partial charge is 0.408 e. The molecule has 0 heterocycles. The molecule has 2 atom stereocenters. The summed E-state index contributed by atoms with van der Waals surface area (Å²) in [5.74, 6) is 0.861. The summed E-state index contributed by atoms with van der Waals surface area (Å²) < 4.78 is 16.4. The Labute approximate surface area is 217 Å². The topological polar surface area (TPSA) is 73.9 Å². The molecule has 0 aliphatic rings. The van der Waals surface area contributed by atoms with Crippen LogP contribution in [0.4, 0.5) is 4.79 Å². The minimum absolute atomic E-state index is 0.108. The van der Waals surface area contributed by atoms with Crippen molar-refractivity contribution in [3.05, 3.63) is 102 Å². The summed E-state index contributed by atoms with van der Waals surface area (Å²) in [6.07, 6.45) is -0.671. The normalized spacial score (nSPS) is 12.8. The van der Waals surface area contributed by atoms with Crippen LogP contribution in [0.3, 0.4) is 0 Å². The van der Waals surface area contributed by atoms with Gasteiger partial charge < -0.3 is 19.5 Å². The van der Waals surface area contributed by atoms with Gasteiger partial charge in [-0.15, -0.1) is 11.8 Å². The molecule has 1 N–H and O–H groups in total.